The Morgan fingerprint density at radius 2 is 1.94 bits per heavy atom. The van der Waals surface area contributed by atoms with E-state index >= 15 is 0 Å². The zero-order chi connectivity index (χ0) is 12.6. The van der Waals surface area contributed by atoms with Gasteiger partial charge >= 0.3 is 0 Å². The second kappa shape index (κ2) is 4.65. The van der Waals surface area contributed by atoms with Crippen molar-refractivity contribution < 1.29 is 0 Å². The largest absolute Gasteiger partial charge is 0.268 e. The van der Waals surface area contributed by atoms with Gasteiger partial charge in [-0.2, -0.15) is 5.10 Å². The fraction of sp³-hybridized carbons (Fsp3) is 0.357. The Balaban J connectivity index is 2.60. The van der Waals surface area contributed by atoms with E-state index in [9.17, 15) is 0 Å². The summed E-state index contributed by atoms with van der Waals surface area (Å²) in [6, 6.07) is 6.48. The van der Waals surface area contributed by atoms with Gasteiger partial charge in [0.25, 0.3) is 0 Å². The Bertz CT molecular complexity index is 556. The van der Waals surface area contributed by atoms with Gasteiger partial charge in [0.15, 0.2) is 0 Å². The minimum atomic E-state index is 0.898. The highest BCUT2D eigenvalue weighted by Crippen LogP contribution is 2.32. The molecule has 0 spiro atoms. The SMILES string of the molecule is CCn1nc(-c2ccc(C)cc2C)c(Br)c1C. The van der Waals surface area contributed by atoms with Crippen molar-refractivity contribution in [2.75, 3.05) is 0 Å². The summed E-state index contributed by atoms with van der Waals surface area (Å²) in [6.45, 7) is 9.35. The molecule has 0 saturated carbocycles. The van der Waals surface area contributed by atoms with Crippen LogP contribution in [0.3, 0.4) is 0 Å². The van der Waals surface area contributed by atoms with Gasteiger partial charge in [-0.05, 0) is 49.2 Å². The summed E-state index contributed by atoms with van der Waals surface area (Å²) in [5, 5.41) is 4.66. The summed E-state index contributed by atoms with van der Waals surface area (Å²) >= 11 is 3.65. The van der Waals surface area contributed by atoms with Crippen LogP contribution in [0.2, 0.25) is 0 Å². The van der Waals surface area contributed by atoms with Gasteiger partial charge in [-0.1, -0.05) is 23.8 Å². The lowest BCUT2D eigenvalue weighted by Gasteiger charge is -2.04. The molecule has 0 unspecified atom stereocenters. The molecule has 0 N–H and O–H groups in total. The second-order valence-electron chi connectivity index (χ2n) is 4.38. The molecule has 0 aliphatic rings. The van der Waals surface area contributed by atoms with Crippen LogP contribution in [0, 0.1) is 20.8 Å². The number of aryl methyl sites for hydroxylation is 3. The van der Waals surface area contributed by atoms with Gasteiger partial charge in [0.2, 0.25) is 0 Å². The molecule has 0 amide bonds. The number of aromatic nitrogens is 2. The third-order valence-electron chi connectivity index (χ3n) is 3.07. The predicted octanol–water partition coefficient (Wildman–Crippen LogP) is 4.26. The van der Waals surface area contributed by atoms with Gasteiger partial charge < -0.3 is 0 Å². The lowest BCUT2D eigenvalue weighted by atomic mass is 10.0. The van der Waals surface area contributed by atoms with Gasteiger partial charge in [-0.25, -0.2) is 0 Å². The summed E-state index contributed by atoms with van der Waals surface area (Å²) in [4.78, 5) is 0. The third kappa shape index (κ3) is 2.16. The quantitative estimate of drug-likeness (QED) is 0.809. The smallest absolute Gasteiger partial charge is 0.107 e. The first-order valence-electron chi connectivity index (χ1n) is 5.85. The lowest BCUT2D eigenvalue weighted by molar-refractivity contribution is 0.641. The van der Waals surface area contributed by atoms with E-state index in [0.29, 0.717) is 0 Å². The van der Waals surface area contributed by atoms with Crippen LogP contribution < -0.4 is 0 Å². The monoisotopic (exact) mass is 292 g/mol. The van der Waals surface area contributed by atoms with E-state index in [1.165, 1.54) is 22.4 Å². The van der Waals surface area contributed by atoms with Crippen molar-refractivity contribution in [2.24, 2.45) is 0 Å². The average molecular weight is 293 g/mol. The normalized spacial score (nSPS) is 10.9. The van der Waals surface area contributed by atoms with E-state index in [2.05, 4.69) is 66.9 Å². The molecule has 90 valence electrons. The van der Waals surface area contributed by atoms with Gasteiger partial charge in [0, 0.05) is 12.1 Å². The van der Waals surface area contributed by atoms with E-state index in [1.807, 2.05) is 4.68 Å². The molecule has 2 nitrogen and oxygen atoms in total. The van der Waals surface area contributed by atoms with Crippen LogP contribution in [0.5, 0.6) is 0 Å². The molecule has 17 heavy (non-hydrogen) atoms. The van der Waals surface area contributed by atoms with Crippen LogP contribution in [0.1, 0.15) is 23.7 Å². The summed E-state index contributed by atoms with van der Waals surface area (Å²) < 4.78 is 3.13. The summed E-state index contributed by atoms with van der Waals surface area (Å²) in [5.74, 6) is 0. The van der Waals surface area contributed by atoms with Crippen molar-refractivity contribution in [3.8, 4) is 11.3 Å². The van der Waals surface area contributed by atoms with Crippen molar-refractivity contribution >= 4 is 15.9 Å². The lowest BCUT2D eigenvalue weighted by Crippen LogP contribution is -1.98. The van der Waals surface area contributed by atoms with E-state index in [1.54, 1.807) is 0 Å². The fourth-order valence-corrected chi connectivity index (χ4v) is 2.58. The average Bonchev–Trinajstić information content (AvgIpc) is 2.57. The molecule has 2 rings (SSSR count). The number of halogens is 1. The third-order valence-corrected chi connectivity index (χ3v) is 4.02. The van der Waals surface area contributed by atoms with Gasteiger partial charge in [0.1, 0.15) is 5.69 Å². The molecule has 3 heteroatoms. The van der Waals surface area contributed by atoms with Crippen LogP contribution >= 0.6 is 15.9 Å². The Labute approximate surface area is 111 Å². The van der Waals surface area contributed by atoms with Crippen molar-refractivity contribution in [2.45, 2.75) is 34.2 Å². The second-order valence-corrected chi connectivity index (χ2v) is 5.18. The van der Waals surface area contributed by atoms with Gasteiger partial charge in [-0.3, -0.25) is 4.68 Å². The number of nitrogens with zero attached hydrogens (tertiary/aromatic N) is 2. The minimum Gasteiger partial charge on any atom is -0.268 e. The van der Waals surface area contributed by atoms with Crippen molar-refractivity contribution in [3.63, 3.8) is 0 Å². The van der Waals surface area contributed by atoms with Crippen molar-refractivity contribution in [3.05, 3.63) is 39.5 Å². The Morgan fingerprint density at radius 1 is 1.24 bits per heavy atom. The molecular formula is C14H17BrN2. The highest BCUT2D eigenvalue weighted by atomic mass is 79.9. The first kappa shape index (κ1) is 12.4. The Morgan fingerprint density at radius 3 is 2.47 bits per heavy atom. The van der Waals surface area contributed by atoms with Crippen LogP contribution in [0.25, 0.3) is 11.3 Å². The summed E-state index contributed by atoms with van der Waals surface area (Å²) in [6.07, 6.45) is 0. The number of benzene rings is 1. The van der Waals surface area contributed by atoms with Crippen molar-refractivity contribution in [1.82, 2.24) is 9.78 Å². The number of hydrogen-bond acceptors (Lipinski definition) is 1. The maximum atomic E-state index is 4.66. The predicted molar refractivity (Wildman–Crippen MR) is 75.2 cm³/mol. The minimum absolute atomic E-state index is 0.898. The van der Waals surface area contributed by atoms with Gasteiger partial charge in [0.05, 0.1) is 10.2 Å². The Hall–Kier alpha value is -1.09. The molecule has 1 heterocycles. The molecule has 0 radical (unpaired) electrons. The topological polar surface area (TPSA) is 17.8 Å². The van der Waals surface area contributed by atoms with Crippen LogP contribution in [0.4, 0.5) is 0 Å². The van der Waals surface area contributed by atoms with Gasteiger partial charge in [-0.15, -0.1) is 0 Å². The van der Waals surface area contributed by atoms with E-state index in [0.717, 1.165) is 16.7 Å². The zero-order valence-electron chi connectivity index (χ0n) is 10.7. The molecule has 0 atom stereocenters. The summed E-state index contributed by atoms with van der Waals surface area (Å²) in [5.41, 5.74) is 5.99. The highest BCUT2D eigenvalue weighted by Gasteiger charge is 2.14. The molecule has 1 aromatic heterocycles. The molecule has 0 fully saturated rings. The molecule has 0 aliphatic carbocycles. The highest BCUT2D eigenvalue weighted by molar-refractivity contribution is 9.10. The van der Waals surface area contributed by atoms with Crippen LogP contribution in [-0.2, 0) is 6.54 Å². The van der Waals surface area contributed by atoms with E-state index < -0.39 is 0 Å². The first-order chi connectivity index (χ1) is 8.04. The molecule has 0 aliphatic heterocycles. The number of rotatable bonds is 2. The zero-order valence-corrected chi connectivity index (χ0v) is 12.3. The van der Waals surface area contributed by atoms with Crippen LogP contribution in [0.15, 0.2) is 22.7 Å². The molecule has 2 aromatic rings. The molecule has 0 saturated heterocycles. The Kier molecular flexibility index (Phi) is 3.38. The molecule has 0 bridgehead atoms. The van der Waals surface area contributed by atoms with E-state index in [4.69, 9.17) is 0 Å². The van der Waals surface area contributed by atoms with Crippen molar-refractivity contribution in [1.29, 1.82) is 0 Å². The standard InChI is InChI=1S/C14H17BrN2/c1-5-17-11(4)13(15)14(16-17)12-7-6-9(2)8-10(12)3/h6-8H,5H2,1-4H3. The summed E-state index contributed by atoms with van der Waals surface area (Å²) in [7, 11) is 0. The maximum absolute atomic E-state index is 4.66. The molecule has 1 aromatic carbocycles. The van der Waals surface area contributed by atoms with Crippen LogP contribution in [-0.4, -0.2) is 9.78 Å². The van der Waals surface area contributed by atoms with E-state index in [-0.39, 0.29) is 0 Å². The number of hydrogen-bond donors (Lipinski definition) is 0. The molecular weight excluding hydrogens is 276 g/mol. The first-order valence-corrected chi connectivity index (χ1v) is 6.64. The fourth-order valence-electron chi connectivity index (χ4n) is 2.08. The maximum Gasteiger partial charge on any atom is 0.107 e.